The summed E-state index contributed by atoms with van der Waals surface area (Å²) in [7, 11) is 0. The molecular formula is C15H23NO. The van der Waals surface area contributed by atoms with Gasteiger partial charge in [0.2, 0.25) is 0 Å². The fourth-order valence-corrected chi connectivity index (χ4v) is 1.55. The lowest BCUT2D eigenvalue weighted by Gasteiger charge is -2.04. The Bertz CT molecular complexity index is 327. The van der Waals surface area contributed by atoms with Crippen LogP contribution in [0.15, 0.2) is 36.4 Å². The Morgan fingerprint density at radius 3 is 2.53 bits per heavy atom. The van der Waals surface area contributed by atoms with Crippen LogP contribution >= 0.6 is 0 Å². The van der Waals surface area contributed by atoms with Crippen LogP contribution < -0.4 is 5.32 Å². The zero-order valence-electron chi connectivity index (χ0n) is 10.8. The number of phenolic OH excluding ortho intramolecular Hbond substituents is 1. The van der Waals surface area contributed by atoms with Gasteiger partial charge in [-0.2, -0.15) is 0 Å². The lowest BCUT2D eigenvalue weighted by molar-refractivity contribution is 0.475. The standard InChI is InChI=1S/C15H23NO/c1-13(2)12-16-11-5-3-4-6-14-7-9-15(17)10-8-14/h3-4,7-10,13,16-17H,5-6,11-12H2,1-2H3. The van der Waals surface area contributed by atoms with Gasteiger partial charge in [0.05, 0.1) is 0 Å². The van der Waals surface area contributed by atoms with Crippen molar-refractivity contribution in [3.05, 3.63) is 42.0 Å². The third-order valence-corrected chi connectivity index (χ3v) is 2.50. The van der Waals surface area contributed by atoms with Crippen LogP contribution in [0.2, 0.25) is 0 Å². The summed E-state index contributed by atoms with van der Waals surface area (Å²) in [6.45, 7) is 6.57. The molecule has 1 rings (SSSR count). The Hall–Kier alpha value is -1.28. The molecule has 1 aromatic carbocycles. The van der Waals surface area contributed by atoms with Crippen molar-refractivity contribution in [2.24, 2.45) is 5.92 Å². The number of hydrogen-bond acceptors (Lipinski definition) is 2. The van der Waals surface area contributed by atoms with Crippen LogP contribution in [0.5, 0.6) is 5.75 Å². The van der Waals surface area contributed by atoms with Gasteiger partial charge in [0.25, 0.3) is 0 Å². The van der Waals surface area contributed by atoms with Gasteiger partial charge >= 0.3 is 0 Å². The Morgan fingerprint density at radius 1 is 1.18 bits per heavy atom. The summed E-state index contributed by atoms with van der Waals surface area (Å²) in [5.74, 6) is 1.05. The lowest BCUT2D eigenvalue weighted by Crippen LogP contribution is -2.20. The molecule has 0 aromatic heterocycles. The van der Waals surface area contributed by atoms with Crippen molar-refractivity contribution < 1.29 is 5.11 Å². The Balaban J connectivity index is 2.11. The van der Waals surface area contributed by atoms with Crippen molar-refractivity contribution in [2.75, 3.05) is 13.1 Å². The SMILES string of the molecule is CC(C)CNCCC=CCc1ccc(O)cc1. The fraction of sp³-hybridized carbons (Fsp3) is 0.467. The van der Waals surface area contributed by atoms with E-state index in [1.54, 1.807) is 12.1 Å². The first kappa shape index (κ1) is 13.8. The molecule has 94 valence electrons. The predicted octanol–water partition coefficient (Wildman–Crippen LogP) is 3.13. The van der Waals surface area contributed by atoms with Crippen LogP contribution in [0, 0.1) is 5.92 Å². The summed E-state index contributed by atoms with van der Waals surface area (Å²) in [5.41, 5.74) is 1.23. The summed E-state index contributed by atoms with van der Waals surface area (Å²) < 4.78 is 0. The zero-order valence-corrected chi connectivity index (χ0v) is 10.8. The number of allylic oxidation sites excluding steroid dienone is 1. The third kappa shape index (κ3) is 6.80. The van der Waals surface area contributed by atoms with Crippen molar-refractivity contribution >= 4 is 0 Å². The van der Waals surface area contributed by atoms with E-state index < -0.39 is 0 Å². The minimum Gasteiger partial charge on any atom is -0.508 e. The molecule has 2 heteroatoms. The first-order chi connectivity index (χ1) is 8.18. The summed E-state index contributed by atoms with van der Waals surface area (Å²) in [4.78, 5) is 0. The highest BCUT2D eigenvalue weighted by molar-refractivity contribution is 5.27. The van der Waals surface area contributed by atoms with Gasteiger partial charge in [-0.15, -0.1) is 0 Å². The molecule has 0 aliphatic heterocycles. The monoisotopic (exact) mass is 233 g/mol. The van der Waals surface area contributed by atoms with Gasteiger partial charge in [-0.05, 0) is 49.5 Å². The van der Waals surface area contributed by atoms with E-state index in [0.717, 1.165) is 31.8 Å². The first-order valence-corrected chi connectivity index (χ1v) is 6.32. The highest BCUT2D eigenvalue weighted by Gasteiger charge is 1.91. The van der Waals surface area contributed by atoms with Crippen LogP contribution in [0.3, 0.4) is 0 Å². The molecule has 0 heterocycles. The number of benzene rings is 1. The topological polar surface area (TPSA) is 32.3 Å². The Morgan fingerprint density at radius 2 is 1.88 bits per heavy atom. The highest BCUT2D eigenvalue weighted by atomic mass is 16.3. The van der Waals surface area contributed by atoms with E-state index >= 15 is 0 Å². The number of phenols is 1. The van der Waals surface area contributed by atoms with Crippen molar-refractivity contribution in [1.29, 1.82) is 0 Å². The predicted molar refractivity (Wildman–Crippen MR) is 73.3 cm³/mol. The van der Waals surface area contributed by atoms with Crippen molar-refractivity contribution in [1.82, 2.24) is 5.32 Å². The summed E-state index contributed by atoms with van der Waals surface area (Å²) in [5, 5.41) is 12.6. The maximum atomic E-state index is 9.14. The summed E-state index contributed by atoms with van der Waals surface area (Å²) in [6, 6.07) is 7.37. The number of aromatic hydroxyl groups is 1. The quantitative estimate of drug-likeness (QED) is 0.560. The average Bonchev–Trinajstić information content (AvgIpc) is 2.30. The van der Waals surface area contributed by atoms with Gasteiger partial charge in [0.1, 0.15) is 5.75 Å². The van der Waals surface area contributed by atoms with Crippen LogP contribution in [0.25, 0.3) is 0 Å². The normalized spacial score (nSPS) is 11.5. The van der Waals surface area contributed by atoms with E-state index in [2.05, 4.69) is 31.3 Å². The van der Waals surface area contributed by atoms with Crippen molar-refractivity contribution in [3.63, 3.8) is 0 Å². The van der Waals surface area contributed by atoms with Gasteiger partial charge in [-0.3, -0.25) is 0 Å². The van der Waals surface area contributed by atoms with Gasteiger partial charge < -0.3 is 10.4 Å². The third-order valence-electron chi connectivity index (χ3n) is 2.50. The molecule has 2 N–H and O–H groups in total. The van der Waals surface area contributed by atoms with Gasteiger partial charge in [0.15, 0.2) is 0 Å². The van der Waals surface area contributed by atoms with Crippen LogP contribution in [-0.2, 0) is 6.42 Å². The second-order valence-electron chi connectivity index (χ2n) is 4.73. The molecule has 0 atom stereocenters. The maximum absolute atomic E-state index is 9.14. The molecule has 2 nitrogen and oxygen atoms in total. The molecule has 0 saturated heterocycles. The van der Waals surface area contributed by atoms with Gasteiger partial charge in [0, 0.05) is 0 Å². The summed E-state index contributed by atoms with van der Waals surface area (Å²) in [6.07, 6.45) is 6.40. The molecule has 0 amide bonds. The van der Waals surface area contributed by atoms with E-state index in [-0.39, 0.29) is 0 Å². The fourth-order valence-electron chi connectivity index (χ4n) is 1.55. The summed E-state index contributed by atoms with van der Waals surface area (Å²) >= 11 is 0. The molecule has 0 aliphatic carbocycles. The largest absolute Gasteiger partial charge is 0.508 e. The van der Waals surface area contributed by atoms with E-state index in [0.29, 0.717) is 5.75 Å². The number of nitrogens with one attached hydrogen (secondary N) is 1. The van der Waals surface area contributed by atoms with Crippen molar-refractivity contribution in [3.8, 4) is 5.75 Å². The van der Waals surface area contributed by atoms with Crippen LogP contribution in [0.4, 0.5) is 0 Å². The maximum Gasteiger partial charge on any atom is 0.115 e. The molecule has 0 spiro atoms. The number of rotatable bonds is 7. The number of hydrogen-bond donors (Lipinski definition) is 2. The second kappa shape index (κ2) is 7.91. The van der Waals surface area contributed by atoms with Crippen LogP contribution in [0.1, 0.15) is 25.8 Å². The highest BCUT2D eigenvalue weighted by Crippen LogP contribution is 2.10. The van der Waals surface area contributed by atoms with E-state index in [4.69, 9.17) is 5.11 Å². The zero-order chi connectivity index (χ0) is 12.5. The Kier molecular flexibility index (Phi) is 6.41. The van der Waals surface area contributed by atoms with Crippen molar-refractivity contribution in [2.45, 2.75) is 26.7 Å². The molecule has 17 heavy (non-hydrogen) atoms. The first-order valence-electron chi connectivity index (χ1n) is 6.32. The Labute approximate surface area is 104 Å². The molecular weight excluding hydrogens is 210 g/mol. The molecule has 0 unspecified atom stereocenters. The minimum absolute atomic E-state index is 0.329. The van der Waals surface area contributed by atoms with Crippen LogP contribution in [-0.4, -0.2) is 18.2 Å². The molecule has 0 fully saturated rings. The molecule has 0 radical (unpaired) electrons. The van der Waals surface area contributed by atoms with Gasteiger partial charge in [-0.25, -0.2) is 0 Å². The molecule has 0 bridgehead atoms. The van der Waals surface area contributed by atoms with E-state index in [9.17, 15) is 0 Å². The minimum atomic E-state index is 0.329. The van der Waals surface area contributed by atoms with E-state index in [1.807, 2.05) is 12.1 Å². The second-order valence-corrected chi connectivity index (χ2v) is 4.73. The lowest BCUT2D eigenvalue weighted by atomic mass is 10.1. The smallest absolute Gasteiger partial charge is 0.115 e. The van der Waals surface area contributed by atoms with E-state index in [1.165, 1.54) is 5.56 Å². The molecule has 1 aromatic rings. The molecule has 0 saturated carbocycles. The van der Waals surface area contributed by atoms with Gasteiger partial charge in [-0.1, -0.05) is 38.1 Å². The average molecular weight is 233 g/mol. The molecule has 0 aliphatic rings.